The molecular weight excluding hydrogens is 313 g/mol. The molecule has 130 valence electrons. The van der Waals surface area contributed by atoms with Gasteiger partial charge in [0.25, 0.3) is 0 Å². The number of hydrogen-bond donors (Lipinski definition) is 2. The molecule has 2 heterocycles. The van der Waals surface area contributed by atoms with Crippen molar-refractivity contribution in [1.82, 2.24) is 10.2 Å². The van der Waals surface area contributed by atoms with Gasteiger partial charge in [0.1, 0.15) is 11.9 Å². The smallest absolute Gasteiger partial charge is 0.322 e. The Morgan fingerprint density at radius 2 is 2.17 bits per heavy atom. The molecule has 0 unspecified atom stereocenters. The summed E-state index contributed by atoms with van der Waals surface area (Å²) in [5.41, 5.74) is 0.380. The van der Waals surface area contributed by atoms with E-state index in [0.717, 1.165) is 25.9 Å². The van der Waals surface area contributed by atoms with E-state index >= 15 is 0 Å². The van der Waals surface area contributed by atoms with Crippen LogP contribution in [0, 0.1) is 5.82 Å². The molecule has 0 aliphatic carbocycles. The summed E-state index contributed by atoms with van der Waals surface area (Å²) in [5.74, 6) is -0.572. The number of hydrogen-bond acceptors (Lipinski definition) is 3. The largest absolute Gasteiger partial charge is 0.376 e. The summed E-state index contributed by atoms with van der Waals surface area (Å²) in [6.45, 7) is 1.74. The monoisotopic (exact) mass is 335 g/mol. The van der Waals surface area contributed by atoms with E-state index in [1.54, 1.807) is 6.07 Å². The molecule has 0 spiro atoms. The summed E-state index contributed by atoms with van der Waals surface area (Å²) in [7, 11) is 0. The molecule has 2 aliphatic heterocycles. The van der Waals surface area contributed by atoms with E-state index in [1.165, 1.54) is 23.1 Å². The molecule has 3 rings (SSSR count). The molecule has 0 radical (unpaired) electrons. The van der Waals surface area contributed by atoms with Gasteiger partial charge in [-0.25, -0.2) is 9.18 Å². The van der Waals surface area contributed by atoms with Gasteiger partial charge >= 0.3 is 6.03 Å². The van der Waals surface area contributed by atoms with Gasteiger partial charge in [0, 0.05) is 25.4 Å². The molecule has 0 saturated carbocycles. The Hall–Kier alpha value is -2.15. The maximum Gasteiger partial charge on any atom is 0.322 e. The standard InChI is InChI=1S/C17H22FN3O3/c18-12-4-1-5-13(10-12)20-17(23)21-8-2-7-15(21)16(22)19-11-14-6-3-9-24-14/h1,4-5,10,14-15H,2-3,6-9,11H2,(H,19,22)(H,20,23)/t14-,15-/m1/s1. The predicted molar refractivity (Wildman–Crippen MR) is 87.1 cm³/mol. The summed E-state index contributed by atoms with van der Waals surface area (Å²) in [6.07, 6.45) is 3.45. The van der Waals surface area contributed by atoms with Gasteiger partial charge in [-0.2, -0.15) is 0 Å². The SMILES string of the molecule is O=C(NC[C@H]1CCCO1)[C@H]1CCCN1C(=O)Nc1cccc(F)c1. The second-order valence-electron chi connectivity index (χ2n) is 6.17. The van der Waals surface area contributed by atoms with Crippen LogP contribution >= 0.6 is 0 Å². The highest BCUT2D eigenvalue weighted by atomic mass is 19.1. The first-order valence-corrected chi connectivity index (χ1v) is 8.36. The molecule has 0 aromatic heterocycles. The van der Waals surface area contributed by atoms with E-state index in [4.69, 9.17) is 4.74 Å². The molecule has 2 fully saturated rings. The van der Waals surface area contributed by atoms with Crippen molar-refractivity contribution < 1.29 is 18.7 Å². The zero-order valence-electron chi connectivity index (χ0n) is 13.5. The highest BCUT2D eigenvalue weighted by Gasteiger charge is 2.34. The van der Waals surface area contributed by atoms with Crippen LogP contribution < -0.4 is 10.6 Å². The summed E-state index contributed by atoms with van der Waals surface area (Å²) in [6, 6.07) is 4.84. The molecule has 3 amide bonds. The van der Waals surface area contributed by atoms with Crippen LogP contribution in [0.15, 0.2) is 24.3 Å². The second kappa shape index (κ2) is 7.61. The lowest BCUT2D eigenvalue weighted by atomic mass is 10.2. The number of nitrogens with zero attached hydrogens (tertiary/aromatic N) is 1. The van der Waals surface area contributed by atoms with E-state index in [9.17, 15) is 14.0 Å². The Bertz CT molecular complexity index is 604. The zero-order valence-corrected chi connectivity index (χ0v) is 13.5. The van der Waals surface area contributed by atoms with Crippen LogP contribution in [0.25, 0.3) is 0 Å². The number of amides is 3. The van der Waals surface area contributed by atoms with E-state index in [0.29, 0.717) is 25.2 Å². The average Bonchev–Trinajstić information content (AvgIpc) is 3.24. The van der Waals surface area contributed by atoms with Gasteiger partial charge in [-0.3, -0.25) is 4.79 Å². The molecule has 6 nitrogen and oxygen atoms in total. The highest BCUT2D eigenvalue weighted by Crippen LogP contribution is 2.20. The third kappa shape index (κ3) is 4.03. The van der Waals surface area contributed by atoms with Crippen LogP contribution in [0.5, 0.6) is 0 Å². The third-order valence-corrected chi connectivity index (χ3v) is 4.42. The summed E-state index contributed by atoms with van der Waals surface area (Å²) in [5, 5.41) is 5.53. The topological polar surface area (TPSA) is 70.7 Å². The fourth-order valence-electron chi connectivity index (χ4n) is 3.18. The molecule has 1 aromatic rings. The van der Waals surface area contributed by atoms with Crippen molar-refractivity contribution in [3.63, 3.8) is 0 Å². The minimum Gasteiger partial charge on any atom is -0.376 e. The van der Waals surface area contributed by atoms with Crippen molar-refractivity contribution in [3.8, 4) is 0 Å². The van der Waals surface area contributed by atoms with Crippen molar-refractivity contribution in [2.75, 3.05) is 25.0 Å². The Kier molecular flexibility index (Phi) is 5.30. The molecule has 2 atom stereocenters. The minimum atomic E-state index is -0.486. The predicted octanol–water partition coefficient (Wildman–Crippen LogP) is 2.12. The fourth-order valence-corrected chi connectivity index (χ4v) is 3.18. The van der Waals surface area contributed by atoms with Crippen molar-refractivity contribution in [3.05, 3.63) is 30.1 Å². The Balaban J connectivity index is 1.55. The van der Waals surface area contributed by atoms with Crippen molar-refractivity contribution >= 4 is 17.6 Å². The Morgan fingerprint density at radius 3 is 2.92 bits per heavy atom. The molecule has 24 heavy (non-hydrogen) atoms. The fraction of sp³-hybridized carbons (Fsp3) is 0.529. The number of likely N-dealkylation sites (tertiary alicyclic amines) is 1. The Labute approximate surface area is 140 Å². The number of ether oxygens (including phenoxy) is 1. The third-order valence-electron chi connectivity index (χ3n) is 4.42. The molecule has 2 saturated heterocycles. The van der Waals surface area contributed by atoms with Crippen molar-refractivity contribution in [2.24, 2.45) is 0 Å². The first-order valence-electron chi connectivity index (χ1n) is 8.36. The first kappa shape index (κ1) is 16.7. The van der Waals surface area contributed by atoms with E-state index in [1.807, 2.05) is 0 Å². The lowest BCUT2D eigenvalue weighted by molar-refractivity contribution is -0.125. The second-order valence-corrected chi connectivity index (χ2v) is 6.17. The van der Waals surface area contributed by atoms with Crippen LogP contribution in [-0.2, 0) is 9.53 Å². The van der Waals surface area contributed by atoms with Gasteiger partial charge in [0.15, 0.2) is 0 Å². The highest BCUT2D eigenvalue weighted by molar-refractivity contribution is 5.94. The number of nitrogens with one attached hydrogen (secondary N) is 2. The number of halogens is 1. The Morgan fingerprint density at radius 1 is 1.29 bits per heavy atom. The number of anilines is 1. The van der Waals surface area contributed by atoms with Gasteiger partial charge in [0.2, 0.25) is 5.91 Å². The normalized spacial score (nSPS) is 23.3. The lowest BCUT2D eigenvalue weighted by Gasteiger charge is -2.24. The van der Waals surface area contributed by atoms with E-state index < -0.39 is 11.9 Å². The van der Waals surface area contributed by atoms with E-state index in [-0.39, 0.29) is 18.0 Å². The van der Waals surface area contributed by atoms with Crippen LogP contribution in [0.4, 0.5) is 14.9 Å². The molecule has 2 N–H and O–H groups in total. The molecule has 7 heteroatoms. The molecule has 0 bridgehead atoms. The van der Waals surface area contributed by atoms with Crippen LogP contribution in [0.3, 0.4) is 0 Å². The summed E-state index contributed by atoms with van der Waals surface area (Å²) in [4.78, 5) is 26.3. The number of rotatable bonds is 4. The maximum absolute atomic E-state index is 13.2. The average molecular weight is 335 g/mol. The first-order chi connectivity index (χ1) is 11.6. The summed E-state index contributed by atoms with van der Waals surface area (Å²) < 4.78 is 18.7. The van der Waals surface area contributed by atoms with Crippen LogP contribution in [0.1, 0.15) is 25.7 Å². The van der Waals surface area contributed by atoms with Crippen LogP contribution in [0.2, 0.25) is 0 Å². The van der Waals surface area contributed by atoms with Crippen LogP contribution in [-0.4, -0.2) is 48.7 Å². The number of carbonyl (C=O) groups is 2. The van der Waals surface area contributed by atoms with Gasteiger partial charge < -0.3 is 20.3 Å². The van der Waals surface area contributed by atoms with E-state index in [2.05, 4.69) is 10.6 Å². The quantitative estimate of drug-likeness (QED) is 0.885. The maximum atomic E-state index is 13.2. The van der Waals surface area contributed by atoms with Gasteiger partial charge in [-0.1, -0.05) is 6.07 Å². The van der Waals surface area contributed by atoms with Gasteiger partial charge in [0.05, 0.1) is 6.10 Å². The number of urea groups is 1. The van der Waals surface area contributed by atoms with Crippen molar-refractivity contribution in [1.29, 1.82) is 0 Å². The minimum absolute atomic E-state index is 0.0740. The van der Waals surface area contributed by atoms with Gasteiger partial charge in [-0.15, -0.1) is 0 Å². The summed E-state index contributed by atoms with van der Waals surface area (Å²) >= 11 is 0. The van der Waals surface area contributed by atoms with Gasteiger partial charge in [-0.05, 0) is 43.9 Å². The molecular formula is C17H22FN3O3. The zero-order chi connectivity index (χ0) is 16.9. The molecule has 2 aliphatic rings. The molecule has 1 aromatic carbocycles. The lowest BCUT2D eigenvalue weighted by Crippen LogP contribution is -2.48. The van der Waals surface area contributed by atoms with Crippen molar-refractivity contribution in [2.45, 2.75) is 37.8 Å². The number of benzene rings is 1. The number of carbonyl (C=O) groups excluding carboxylic acids is 2.